The van der Waals surface area contributed by atoms with Crippen molar-refractivity contribution in [1.29, 1.82) is 0 Å². The summed E-state index contributed by atoms with van der Waals surface area (Å²) in [7, 11) is 2.28. The van der Waals surface area contributed by atoms with E-state index in [2.05, 4.69) is 36.0 Å². The van der Waals surface area contributed by atoms with E-state index in [9.17, 15) is 0 Å². The predicted molar refractivity (Wildman–Crippen MR) is 78.0 cm³/mol. The largest absolute Gasteiger partial charge is 0.316 e. The second kappa shape index (κ2) is 6.88. The van der Waals surface area contributed by atoms with Crippen molar-refractivity contribution in [2.24, 2.45) is 5.92 Å². The molecule has 1 aliphatic heterocycles. The van der Waals surface area contributed by atoms with Crippen LogP contribution in [0.3, 0.4) is 0 Å². The summed E-state index contributed by atoms with van der Waals surface area (Å²) in [4.78, 5) is 5.31. The maximum atomic E-state index is 3.60. The van der Waals surface area contributed by atoms with Crippen molar-refractivity contribution in [1.82, 2.24) is 15.1 Å². The fourth-order valence-corrected chi connectivity index (χ4v) is 3.45. The third kappa shape index (κ3) is 3.25. The van der Waals surface area contributed by atoms with Crippen molar-refractivity contribution in [3.63, 3.8) is 0 Å². The molecule has 1 N–H and O–H groups in total. The van der Waals surface area contributed by atoms with Crippen LogP contribution in [0, 0.1) is 5.92 Å². The van der Waals surface area contributed by atoms with Crippen LogP contribution in [0.1, 0.15) is 39.5 Å². The molecule has 0 aromatic carbocycles. The fourth-order valence-electron chi connectivity index (χ4n) is 3.45. The van der Waals surface area contributed by atoms with Crippen LogP contribution in [0.2, 0.25) is 0 Å². The van der Waals surface area contributed by atoms with Crippen LogP contribution in [-0.2, 0) is 0 Å². The highest BCUT2D eigenvalue weighted by Gasteiger charge is 2.37. The van der Waals surface area contributed by atoms with E-state index >= 15 is 0 Å². The normalized spacial score (nSPS) is 34.5. The minimum atomic E-state index is 0.781. The Morgan fingerprint density at radius 3 is 2.61 bits per heavy atom. The van der Waals surface area contributed by atoms with Crippen molar-refractivity contribution in [3.05, 3.63) is 0 Å². The van der Waals surface area contributed by atoms with Crippen molar-refractivity contribution in [2.75, 3.05) is 39.8 Å². The lowest BCUT2D eigenvalue weighted by Crippen LogP contribution is -2.59. The Labute approximate surface area is 113 Å². The van der Waals surface area contributed by atoms with Crippen molar-refractivity contribution in [3.8, 4) is 0 Å². The van der Waals surface area contributed by atoms with Gasteiger partial charge in [0.2, 0.25) is 0 Å². The van der Waals surface area contributed by atoms with Gasteiger partial charge < -0.3 is 10.2 Å². The second-order valence-corrected chi connectivity index (χ2v) is 6.15. The quantitative estimate of drug-likeness (QED) is 0.728. The van der Waals surface area contributed by atoms with Gasteiger partial charge in [-0.2, -0.15) is 0 Å². The van der Waals surface area contributed by atoms with E-state index in [1.165, 1.54) is 58.4 Å². The monoisotopic (exact) mass is 253 g/mol. The van der Waals surface area contributed by atoms with Crippen LogP contribution in [0.4, 0.5) is 0 Å². The van der Waals surface area contributed by atoms with Gasteiger partial charge in [0.05, 0.1) is 0 Å². The first kappa shape index (κ1) is 14.3. The molecule has 3 unspecified atom stereocenters. The molecule has 1 saturated carbocycles. The van der Waals surface area contributed by atoms with Gasteiger partial charge in [-0.15, -0.1) is 0 Å². The third-order valence-corrected chi connectivity index (χ3v) is 4.96. The van der Waals surface area contributed by atoms with Gasteiger partial charge in [0.1, 0.15) is 0 Å². The molecule has 0 aromatic rings. The summed E-state index contributed by atoms with van der Waals surface area (Å²) in [5, 5.41) is 3.60. The predicted octanol–water partition coefficient (Wildman–Crippen LogP) is 1.79. The van der Waals surface area contributed by atoms with Gasteiger partial charge in [0.25, 0.3) is 0 Å². The molecule has 0 bridgehead atoms. The van der Waals surface area contributed by atoms with Crippen LogP contribution in [-0.4, -0.2) is 61.7 Å². The Hall–Kier alpha value is -0.120. The summed E-state index contributed by atoms with van der Waals surface area (Å²) in [6, 6.07) is 1.65. The Balaban J connectivity index is 1.77. The first-order valence-corrected chi connectivity index (χ1v) is 7.91. The van der Waals surface area contributed by atoms with Crippen molar-refractivity contribution < 1.29 is 0 Å². The molecule has 2 rings (SSSR count). The Morgan fingerprint density at radius 1 is 1.17 bits per heavy atom. The zero-order valence-corrected chi connectivity index (χ0v) is 12.5. The molecule has 1 saturated heterocycles. The standard InChI is InChI=1S/C15H31N3/c1-4-8-16-11-13-6-7-15(13)18-10-9-17(3)14(5-2)12-18/h13-16H,4-12H2,1-3H3. The molecular weight excluding hydrogens is 222 g/mol. The average molecular weight is 253 g/mol. The molecule has 1 aliphatic carbocycles. The van der Waals surface area contributed by atoms with Gasteiger partial charge in [-0.05, 0) is 51.7 Å². The molecule has 0 aromatic heterocycles. The average Bonchev–Trinajstić information content (AvgIpc) is 2.35. The van der Waals surface area contributed by atoms with Crippen LogP contribution in [0.5, 0.6) is 0 Å². The molecule has 0 radical (unpaired) electrons. The molecule has 2 aliphatic rings. The summed E-state index contributed by atoms with van der Waals surface area (Å²) in [5.74, 6) is 0.914. The van der Waals surface area contributed by atoms with E-state index in [1.54, 1.807) is 0 Å². The Morgan fingerprint density at radius 2 is 2.00 bits per heavy atom. The minimum Gasteiger partial charge on any atom is -0.316 e. The van der Waals surface area contributed by atoms with E-state index in [0.717, 1.165) is 18.0 Å². The maximum absolute atomic E-state index is 3.60. The van der Waals surface area contributed by atoms with Gasteiger partial charge in [0.15, 0.2) is 0 Å². The maximum Gasteiger partial charge on any atom is 0.0218 e. The van der Waals surface area contributed by atoms with Gasteiger partial charge >= 0.3 is 0 Å². The van der Waals surface area contributed by atoms with E-state index in [-0.39, 0.29) is 0 Å². The molecule has 106 valence electrons. The second-order valence-electron chi connectivity index (χ2n) is 6.15. The van der Waals surface area contributed by atoms with E-state index in [4.69, 9.17) is 0 Å². The molecule has 3 nitrogen and oxygen atoms in total. The highest BCUT2D eigenvalue weighted by molar-refractivity contribution is 4.93. The van der Waals surface area contributed by atoms with Crippen LogP contribution in [0.15, 0.2) is 0 Å². The molecule has 3 atom stereocenters. The van der Waals surface area contributed by atoms with Crippen molar-refractivity contribution in [2.45, 2.75) is 51.6 Å². The first-order chi connectivity index (χ1) is 8.76. The van der Waals surface area contributed by atoms with Gasteiger partial charge in [-0.25, -0.2) is 0 Å². The number of rotatable bonds is 6. The Kier molecular flexibility index (Phi) is 5.46. The molecule has 0 amide bonds. The molecule has 18 heavy (non-hydrogen) atoms. The molecule has 0 spiro atoms. The smallest absolute Gasteiger partial charge is 0.0218 e. The Bertz CT molecular complexity index is 244. The minimum absolute atomic E-state index is 0.781. The molecular formula is C15H31N3. The summed E-state index contributed by atoms with van der Waals surface area (Å²) >= 11 is 0. The van der Waals surface area contributed by atoms with Crippen LogP contribution >= 0.6 is 0 Å². The number of piperazine rings is 1. The van der Waals surface area contributed by atoms with Crippen LogP contribution in [0.25, 0.3) is 0 Å². The summed E-state index contributed by atoms with van der Waals surface area (Å²) in [6.07, 6.45) is 5.41. The zero-order chi connectivity index (χ0) is 13.0. The van der Waals surface area contributed by atoms with Gasteiger partial charge in [0, 0.05) is 31.7 Å². The van der Waals surface area contributed by atoms with Gasteiger partial charge in [-0.1, -0.05) is 13.8 Å². The highest BCUT2D eigenvalue weighted by atomic mass is 15.3. The van der Waals surface area contributed by atoms with Gasteiger partial charge in [-0.3, -0.25) is 4.90 Å². The number of likely N-dealkylation sites (N-methyl/N-ethyl adjacent to an activating group) is 1. The SMILES string of the molecule is CCCNCC1CCC1N1CCN(C)C(CC)C1. The molecule has 2 fully saturated rings. The van der Waals surface area contributed by atoms with E-state index < -0.39 is 0 Å². The summed E-state index contributed by atoms with van der Waals surface area (Å²) in [5.41, 5.74) is 0. The third-order valence-electron chi connectivity index (χ3n) is 4.96. The first-order valence-electron chi connectivity index (χ1n) is 7.91. The number of nitrogens with one attached hydrogen (secondary N) is 1. The number of hydrogen-bond acceptors (Lipinski definition) is 3. The fraction of sp³-hybridized carbons (Fsp3) is 1.00. The number of nitrogens with zero attached hydrogens (tertiary/aromatic N) is 2. The number of hydrogen-bond donors (Lipinski definition) is 1. The molecule has 1 heterocycles. The van der Waals surface area contributed by atoms with Crippen LogP contribution < -0.4 is 5.32 Å². The van der Waals surface area contributed by atoms with Crippen molar-refractivity contribution >= 4 is 0 Å². The highest BCUT2D eigenvalue weighted by Crippen LogP contribution is 2.33. The van der Waals surface area contributed by atoms with E-state index in [1.807, 2.05) is 0 Å². The lowest BCUT2D eigenvalue weighted by atomic mass is 9.77. The topological polar surface area (TPSA) is 18.5 Å². The zero-order valence-electron chi connectivity index (χ0n) is 12.5. The summed E-state index contributed by atoms with van der Waals surface area (Å²) in [6.45, 7) is 10.8. The lowest BCUT2D eigenvalue weighted by molar-refractivity contribution is 0.00156. The molecule has 3 heteroatoms. The summed E-state index contributed by atoms with van der Waals surface area (Å²) < 4.78 is 0. The lowest BCUT2D eigenvalue weighted by Gasteiger charge is -2.49. The van der Waals surface area contributed by atoms with E-state index in [0.29, 0.717) is 0 Å².